The number of methoxy groups -OCH3 is 1. The minimum Gasteiger partial charge on any atom is -0.493 e. The van der Waals surface area contributed by atoms with Crippen LogP contribution >= 0.6 is 0 Å². The lowest BCUT2D eigenvalue weighted by molar-refractivity contribution is 0.171. The van der Waals surface area contributed by atoms with Gasteiger partial charge in [0.15, 0.2) is 23.0 Å². The number of anilines is 1. The molecule has 1 aliphatic rings. The summed E-state index contributed by atoms with van der Waals surface area (Å²) in [5.41, 5.74) is 2.10. The zero-order valence-corrected chi connectivity index (χ0v) is 14.3. The molecule has 0 aliphatic carbocycles. The van der Waals surface area contributed by atoms with Gasteiger partial charge in [-0.25, -0.2) is 0 Å². The molecule has 5 nitrogen and oxygen atoms in total. The van der Waals surface area contributed by atoms with Crippen LogP contribution in [0.2, 0.25) is 0 Å². The van der Waals surface area contributed by atoms with Gasteiger partial charge < -0.3 is 24.3 Å². The molecular formula is C19H23NO4. The van der Waals surface area contributed by atoms with Gasteiger partial charge in [0.25, 0.3) is 0 Å². The third kappa shape index (κ3) is 3.85. The fraction of sp³-hybridized carbons (Fsp3) is 0.368. The molecule has 2 aromatic carbocycles. The monoisotopic (exact) mass is 329 g/mol. The van der Waals surface area contributed by atoms with Gasteiger partial charge in [-0.05, 0) is 43.7 Å². The molecule has 0 unspecified atom stereocenters. The molecule has 0 fully saturated rings. The molecule has 0 atom stereocenters. The van der Waals surface area contributed by atoms with E-state index in [9.17, 15) is 0 Å². The van der Waals surface area contributed by atoms with Crippen LogP contribution in [0.5, 0.6) is 23.0 Å². The maximum Gasteiger partial charge on any atom is 0.163 e. The SMILES string of the molecule is COc1cc(CNc2ccc3c(c2)OCCO3)ccc1OC(C)C. The van der Waals surface area contributed by atoms with Crippen molar-refractivity contribution in [3.05, 3.63) is 42.0 Å². The second-order valence-electron chi connectivity index (χ2n) is 5.86. The normalized spacial score (nSPS) is 12.8. The smallest absolute Gasteiger partial charge is 0.163 e. The second kappa shape index (κ2) is 7.34. The maximum atomic E-state index is 5.74. The molecule has 0 saturated carbocycles. The summed E-state index contributed by atoms with van der Waals surface area (Å²) in [6.45, 7) is 5.86. The summed E-state index contributed by atoms with van der Waals surface area (Å²) in [4.78, 5) is 0. The Bertz CT molecular complexity index is 700. The quantitative estimate of drug-likeness (QED) is 0.872. The fourth-order valence-electron chi connectivity index (χ4n) is 2.53. The molecule has 0 saturated heterocycles. The van der Waals surface area contributed by atoms with Crippen molar-refractivity contribution < 1.29 is 18.9 Å². The van der Waals surface area contributed by atoms with Gasteiger partial charge in [-0.2, -0.15) is 0 Å². The summed E-state index contributed by atoms with van der Waals surface area (Å²) in [6, 6.07) is 11.8. The van der Waals surface area contributed by atoms with Crippen molar-refractivity contribution in [1.29, 1.82) is 0 Å². The van der Waals surface area contributed by atoms with Crippen LogP contribution in [0, 0.1) is 0 Å². The standard InChI is InChI=1S/C19H23NO4/c1-13(2)24-17-6-4-14(10-18(17)21-3)12-20-15-5-7-16-19(11-15)23-9-8-22-16/h4-7,10-11,13,20H,8-9,12H2,1-3H3. The molecular weight excluding hydrogens is 306 g/mol. The first kappa shape index (κ1) is 16.3. The van der Waals surface area contributed by atoms with Gasteiger partial charge in [0, 0.05) is 18.3 Å². The van der Waals surface area contributed by atoms with Gasteiger partial charge in [-0.15, -0.1) is 0 Å². The third-order valence-corrected chi connectivity index (χ3v) is 3.63. The molecule has 1 aliphatic heterocycles. The number of rotatable bonds is 6. The lowest BCUT2D eigenvalue weighted by Crippen LogP contribution is -2.15. The Morgan fingerprint density at radius 2 is 1.79 bits per heavy atom. The van der Waals surface area contributed by atoms with Crippen LogP contribution in [-0.2, 0) is 6.54 Å². The highest BCUT2D eigenvalue weighted by Gasteiger charge is 2.12. The number of ether oxygens (including phenoxy) is 4. The molecule has 3 rings (SSSR count). The molecule has 1 heterocycles. The van der Waals surface area contributed by atoms with Gasteiger partial charge in [0.2, 0.25) is 0 Å². The van der Waals surface area contributed by atoms with E-state index in [0.717, 1.165) is 34.2 Å². The minimum absolute atomic E-state index is 0.112. The van der Waals surface area contributed by atoms with E-state index in [1.807, 2.05) is 50.2 Å². The maximum absolute atomic E-state index is 5.74. The first-order chi connectivity index (χ1) is 11.7. The summed E-state index contributed by atoms with van der Waals surface area (Å²) in [7, 11) is 1.65. The molecule has 0 spiro atoms. The molecule has 0 radical (unpaired) electrons. The van der Waals surface area contributed by atoms with Crippen LogP contribution in [0.25, 0.3) is 0 Å². The Labute approximate surface area is 142 Å². The highest BCUT2D eigenvalue weighted by atomic mass is 16.6. The van der Waals surface area contributed by atoms with E-state index in [1.54, 1.807) is 7.11 Å². The third-order valence-electron chi connectivity index (χ3n) is 3.63. The zero-order chi connectivity index (χ0) is 16.9. The number of nitrogens with one attached hydrogen (secondary N) is 1. The number of hydrogen-bond acceptors (Lipinski definition) is 5. The lowest BCUT2D eigenvalue weighted by Gasteiger charge is -2.19. The van der Waals surface area contributed by atoms with Gasteiger partial charge in [0.1, 0.15) is 13.2 Å². The van der Waals surface area contributed by atoms with Crippen LogP contribution in [0.4, 0.5) is 5.69 Å². The van der Waals surface area contributed by atoms with Crippen molar-refractivity contribution in [2.75, 3.05) is 25.6 Å². The molecule has 0 aromatic heterocycles. The molecule has 0 bridgehead atoms. The molecule has 2 aromatic rings. The summed E-state index contributed by atoms with van der Waals surface area (Å²) in [5.74, 6) is 3.08. The van der Waals surface area contributed by atoms with Crippen LogP contribution in [-0.4, -0.2) is 26.4 Å². The number of fused-ring (bicyclic) bond motifs is 1. The van der Waals surface area contributed by atoms with E-state index in [4.69, 9.17) is 18.9 Å². The van der Waals surface area contributed by atoms with E-state index >= 15 is 0 Å². The first-order valence-electron chi connectivity index (χ1n) is 8.13. The highest BCUT2D eigenvalue weighted by molar-refractivity contribution is 5.55. The molecule has 128 valence electrons. The number of benzene rings is 2. The predicted octanol–water partition coefficient (Wildman–Crippen LogP) is 3.87. The first-order valence-corrected chi connectivity index (χ1v) is 8.13. The topological polar surface area (TPSA) is 49.0 Å². The van der Waals surface area contributed by atoms with Crippen molar-refractivity contribution in [2.45, 2.75) is 26.5 Å². The van der Waals surface area contributed by atoms with E-state index in [-0.39, 0.29) is 6.10 Å². The molecule has 1 N–H and O–H groups in total. The lowest BCUT2D eigenvalue weighted by atomic mass is 10.2. The minimum atomic E-state index is 0.112. The van der Waals surface area contributed by atoms with Crippen molar-refractivity contribution in [1.82, 2.24) is 0 Å². The van der Waals surface area contributed by atoms with Crippen LogP contribution in [0.3, 0.4) is 0 Å². The van der Waals surface area contributed by atoms with E-state index in [2.05, 4.69) is 5.32 Å². The van der Waals surface area contributed by atoms with Gasteiger partial charge in [-0.1, -0.05) is 6.07 Å². The highest BCUT2D eigenvalue weighted by Crippen LogP contribution is 2.33. The summed E-state index contributed by atoms with van der Waals surface area (Å²) in [5, 5.41) is 3.39. The molecule has 24 heavy (non-hydrogen) atoms. The fourth-order valence-corrected chi connectivity index (χ4v) is 2.53. The average molecular weight is 329 g/mol. The summed E-state index contributed by atoms with van der Waals surface area (Å²) < 4.78 is 22.3. The molecule has 0 amide bonds. The Kier molecular flexibility index (Phi) is 4.99. The Hall–Kier alpha value is -2.56. The van der Waals surface area contributed by atoms with Gasteiger partial charge in [-0.3, -0.25) is 0 Å². The van der Waals surface area contributed by atoms with Gasteiger partial charge in [0.05, 0.1) is 13.2 Å². The van der Waals surface area contributed by atoms with Crippen molar-refractivity contribution in [2.24, 2.45) is 0 Å². The number of hydrogen-bond donors (Lipinski definition) is 1. The largest absolute Gasteiger partial charge is 0.493 e. The Morgan fingerprint density at radius 3 is 2.54 bits per heavy atom. The Morgan fingerprint density at radius 1 is 1.00 bits per heavy atom. The van der Waals surface area contributed by atoms with Crippen molar-refractivity contribution in [3.8, 4) is 23.0 Å². The Balaban J connectivity index is 1.68. The molecule has 5 heteroatoms. The van der Waals surface area contributed by atoms with E-state index in [0.29, 0.717) is 19.8 Å². The summed E-state index contributed by atoms with van der Waals surface area (Å²) >= 11 is 0. The average Bonchev–Trinajstić information content (AvgIpc) is 2.60. The predicted molar refractivity (Wildman–Crippen MR) is 93.5 cm³/mol. The zero-order valence-electron chi connectivity index (χ0n) is 14.3. The van der Waals surface area contributed by atoms with Crippen LogP contribution < -0.4 is 24.3 Å². The van der Waals surface area contributed by atoms with Crippen molar-refractivity contribution in [3.63, 3.8) is 0 Å². The van der Waals surface area contributed by atoms with Crippen LogP contribution in [0.15, 0.2) is 36.4 Å². The van der Waals surface area contributed by atoms with Gasteiger partial charge >= 0.3 is 0 Å². The second-order valence-corrected chi connectivity index (χ2v) is 5.86. The summed E-state index contributed by atoms with van der Waals surface area (Å²) in [6.07, 6.45) is 0.112. The van der Waals surface area contributed by atoms with E-state index < -0.39 is 0 Å². The van der Waals surface area contributed by atoms with Crippen LogP contribution in [0.1, 0.15) is 19.4 Å². The van der Waals surface area contributed by atoms with E-state index in [1.165, 1.54) is 0 Å². The van der Waals surface area contributed by atoms with Crippen molar-refractivity contribution >= 4 is 5.69 Å².